The van der Waals surface area contributed by atoms with Crippen LogP contribution in [0.2, 0.25) is 0 Å². The van der Waals surface area contributed by atoms with Crippen LogP contribution in [0.3, 0.4) is 0 Å². The Morgan fingerprint density at radius 3 is 2.60 bits per heavy atom. The lowest BCUT2D eigenvalue weighted by atomic mass is 9.97. The highest BCUT2D eigenvalue weighted by molar-refractivity contribution is 5.10. The largest absolute Gasteiger partial charge is 0.387 e. The molecule has 4 atom stereocenters. The number of aliphatic hydroxyl groups is 2. The zero-order valence-corrected chi connectivity index (χ0v) is 5.18. The summed E-state index contributed by atoms with van der Waals surface area (Å²) in [6, 6.07) is 0. The van der Waals surface area contributed by atoms with Crippen molar-refractivity contribution in [2.75, 3.05) is 0 Å². The van der Waals surface area contributed by atoms with Gasteiger partial charge in [0, 0.05) is 0 Å². The van der Waals surface area contributed by atoms with Crippen molar-refractivity contribution in [1.29, 1.82) is 0 Å². The topological polar surface area (TPSA) is 58.9 Å². The summed E-state index contributed by atoms with van der Waals surface area (Å²) in [7, 11) is 0. The van der Waals surface area contributed by atoms with Crippen molar-refractivity contribution in [1.82, 2.24) is 0 Å². The number of aliphatic hydroxyl groups excluding tert-OH is 2. The van der Waals surface area contributed by atoms with Gasteiger partial charge in [-0.15, -0.1) is 0 Å². The summed E-state index contributed by atoms with van der Waals surface area (Å²) in [6.45, 7) is 0. The molecule has 1 fully saturated rings. The first kappa shape index (κ1) is 6.30. The standard InChI is InChI=1S/C6H8O4/c7-3-1-2-4-5(8)6(3)10-9-4/h1-8H/t3?,4-,5?,6+/m0/s1. The summed E-state index contributed by atoms with van der Waals surface area (Å²) in [5, 5.41) is 18.3. The first-order valence-electron chi connectivity index (χ1n) is 3.15. The fourth-order valence-corrected chi connectivity index (χ4v) is 1.17. The Morgan fingerprint density at radius 2 is 1.90 bits per heavy atom. The normalized spacial score (nSPS) is 51.8. The van der Waals surface area contributed by atoms with Crippen LogP contribution in [0.1, 0.15) is 0 Å². The molecule has 10 heavy (non-hydrogen) atoms. The molecule has 0 spiro atoms. The van der Waals surface area contributed by atoms with Gasteiger partial charge in [0.1, 0.15) is 18.3 Å². The molecule has 1 aliphatic heterocycles. The van der Waals surface area contributed by atoms with Crippen LogP contribution in [0.5, 0.6) is 0 Å². The SMILES string of the molecule is OC1C=C[C@@H]2OO[C@H]1C2O. The lowest BCUT2D eigenvalue weighted by Gasteiger charge is -2.19. The monoisotopic (exact) mass is 144 g/mol. The van der Waals surface area contributed by atoms with E-state index < -0.39 is 24.4 Å². The van der Waals surface area contributed by atoms with Crippen LogP contribution in [-0.2, 0) is 9.78 Å². The molecule has 2 rings (SSSR count). The molecule has 2 bridgehead atoms. The van der Waals surface area contributed by atoms with Gasteiger partial charge < -0.3 is 10.2 Å². The molecule has 1 saturated heterocycles. The highest BCUT2D eigenvalue weighted by Crippen LogP contribution is 2.26. The number of hydrogen-bond donors (Lipinski definition) is 2. The maximum absolute atomic E-state index is 9.22. The van der Waals surface area contributed by atoms with E-state index in [1.165, 1.54) is 0 Å². The minimum absolute atomic E-state index is 0.395. The maximum Gasteiger partial charge on any atom is 0.151 e. The van der Waals surface area contributed by atoms with Gasteiger partial charge in [-0.3, -0.25) is 0 Å². The van der Waals surface area contributed by atoms with Crippen molar-refractivity contribution in [2.45, 2.75) is 24.4 Å². The second-order valence-electron chi connectivity index (χ2n) is 2.49. The zero-order chi connectivity index (χ0) is 7.14. The third-order valence-corrected chi connectivity index (χ3v) is 1.79. The highest BCUT2D eigenvalue weighted by atomic mass is 17.2. The van der Waals surface area contributed by atoms with E-state index in [9.17, 15) is 5.11 Å². The molecule has 0 aromatic carbocycles. The van der Waals surface area contributed by atoms with Gasteiger partial charge in [0.2, 0.25) is 0 Å². The fourth-order valence-electron chi connectivity index (χ4n) is 1.17. The van der Waals surface area contributed by atoms with Gasteiger partial charge in [-0.05, 0) is 0 Å². The van der Waals surface area contributed by atoms with Gasteiger partial charge in [-0.1, -0.05) is 12.2 Å². The predicted octanol–water partition coefficient (Wildman–Crippen LogP) is -1.02. The molecule has 2 N–H and O–H groups in total. The van der Waals surface area contributed by atoms with E-state index in [0.717, 1.165) is 0 Å². The van der Waals surface area contributed by atoms with E-state index in [2.05, 4.69) is 9.78 Å². The van der Waals surface area contributed by atoms with Gasteiger partial charge in [0.05, 0.1) is 0 Å². The lowest BCUT2D eigenvalue weighted by Crippen LogP contribution is -2.40. The summed E-state index contributed by atoms with van der Waals surface area (Å²) in [4.78, 5) is 9.30. The molecule has 0 amide bonds. The molecule has 0 saturated carbocycles. The fraction of sp³-hybridized carbons (Fsp3) is 0.667. The van der Waals surface area contributed by atoms with Gasteiger partial charge in [0.15, 0.2) is 6.10 Å². The minimum atomic E-state index is -0.742. The first-order chi connectivity index (χ1) is 4.79. The van der Waals surface area contributed by atoms with Crippen LogP contribution < -0.4 is 0 Å². The third kappa shape index (κ3) is 0.705. The van der Waals surface area contributed by atoms with Crippen LogP contribution in [0.15, 0.2) is 12.2 Å². The quantitative estimate of drug-likeness (QED) is 0.337. The molecular formula is C6H8O4. The molecule has 56 valence electrons. The van der Waals surface area contributed by atoms with Crippen molar-refractivity contribution in [3.05, 3.63) is 12.2 Å². The van der Waals surface area contributed by atoms with Crippen LogP contribution in [0, 0.1) is 0 Å². The molecule has 4 heteroatoms. The van der Waals surface area contributed by atoms with Gasteiger partial charge >= 0.3 is 0 Å². The smallest absolute Gasteiger partial charge is 0.151 e. The van der Waals surface area contributed by atoms with E-state index in [0.29, 0.717) is 0 Å². The van der Waals surface area contributed by atoms with E-state index in [1.54, 1.807) is 12.2 Å². The lowest BCUT2D eigenvalue weighted by molar-refractivity contribution is -0.294. The van der Waals surface area contributed by atoms with Crippen LogP contribution in [0.4, 0.5) is 0 Å². The summed E-state index contributed by atoms with van der Waals surface area (Å²) >= 11 is 0. The molecule has 1 heterocycles. The van der Waals surface area contributed by atoms with Gasteiger partial charge in [-0.25, -0.2) is 9.78 Å². The Hall–Kier alpha value is -0.420. The number of rotatable bonds is 0. The Bertz CT molecular complexity index is 167. The van der Waals surface area contributed by atoms with E-state index in [1.807, 2.05) is 0 Å². The molecular weight excluding hydrogens is 136 g/mol. The van der Waals surface area contributed by atoms with Crippen LogP contribution in [0.25, 0.3) is 0 Å². The maximum atomic E-state index is 9.22. The Balaban J connectivity index is 2.25. The van der Waals surface area contributed by atoms with Gasteiger partial charge in [0.25, 0.3) is 0 Å². The van der Waals surface area contributed by atoms with Gasteiger partial charge in [-0.2, -0.15) is 0 Å². The highest BCUT2D eigenvalue weighted by Gasteiger charge is 2.43. The van der Waals surface area contributed by atoms with Crippen molar-refractivity contribution in [2.24, 2.45) is 0 Å². The van der Waals surface area contributed by atoms with E-state index in [-0.39, 0.29) is 0 Å². The zero-order valence-electron chi connectivity index (χ0n) is 5.18. The molecule has 2 unspecified atom stereocenters. The van der Waals surface area contributed by atoms with Crippen molar-refractivity contribution in [3.63, 3.8) is 0 Å². The Morgan fingerprint density at radius 1 is 1.10 bits per heavy atom. The van der Waals surface area contributed by atoms with E-state index in [4.69, 9.17) is 5.11 Å². The first-order valence-corrected chi connectivity index (χ1v) is 3.15. The number of hydrogen-bond acceptors (Lipinski definition) is 4. The van der Waals surface area contributed by atoms with Crippen LogP contribution in [-0.4, -0.2) is 34.6 Å². The molecule has 2 aliphatic rings. The minimum Gasteiger partial charge on any atom is -0.387 e. The third-order valence-electron chi connectivity index (χ3n) is 1.79. The Labute approximate surface area is 57.6 Å². The molecule has 0 radical (unpaired) electrons. The summed E-state index contributed by atoms with van der Waals surface area (Å²) in [5.41, 5.74) is 0. The number of fused-ring (bicyclic) bond motifs is 2. The summed E-state index contributed by atoms with van der Waals surface area (Å²) in [5.74, 6) is 0. The van der Waals surface area contributed by atoms with Crippen molar-refractivity contribution < 1.29 is 20.0 Å². The molecule has 1 aliphatic carbocycles. The second kappa shape index (κ2) is 2.03. The average Bonchev–Trinajstić information content (AvgIpc) is 2.13. The van der Waals surface area contributed by atoms with E-state index >= 15 is 0 Å². The predicted molar refractivity (Wildman–Crippen MR) is 30.9 cm³/mol. The van der Waals surface area contributed by atoms with Crippen LogP contribution >= 0.6 is 0 Å². The molecule has 0 aromatic heterocycles. The second-order valence-corrected chi connectivity index (χ2v) is 2.49. The summed E-state index contributed by atoms with van der Waals surface area (Å²) in [6.07, 6.45) is 0.700. The molecule has 0 aromatic rings. The van der Waals surface area contributed by atoms with Crippen molar-refractivity contribution >= 4 is 0 Å². The van der Waals surface area contributed by atoms with Crippen molar-refractivity contribution in [3.8, 4) is 0 Å². The Kier molecular flexibility index (Phi) is 1.28. The summed E-state index contributed by atoms with van der Waals surface area (Å²) < 4.78 is 0. The average molecular weight is 144 g/mol. The molecule has 4 nitrogen and oxygen atoms in total.